The Bertz CT molecular complexity index is 1550. The van der Waals surface area contributed by atoms with Crippen molar-refractivity contribution < 1.29 is 9.53 Å². The van der Waals surface area contributed by atoms with E-state index in [1.54, 1.807) is 0 Å². The van der Waals surface area contributed by atoms with Crippen LogP contribution in [0.5, 0.6) is 5.75 Å². The van der Waals surface area contributed by atoms with Crippen LogP contribution in [-0.2, 0) is 11.4 Å². The molecule has 0 spiro atoms. The number of nitrogens with two attached hydrogens (primary N) is 1. The van der Waals surface area contributed by atoms with Gasteiger partial charge < -0.3 is 10.5 Å². The number of ether oxygens (including phenoxy) is 1. The summed E-state index contributed by atoms with van der Waals surface area (Å²) in [5.41, 5.74) is 13.5. The number of hydrogen-bond acceptors (Lipinski definition) is 5. The Kier molecular flexibility index (Phi) is 7.47. The van der Waals surface area contributed by atoms with Gasteiger partial charge in [-0.3, -0.25) is 9.69 Å². The number of Topliss-reactive ketones (excluding diaryl/α,β-unsaturated/α-hetero) is 1. The first-order chi connectivity index (χ1) is 18.3. The van der Waals surface area contributed by atoms with Crippen LogP contribution in [0, 0.1) is 25.2 Å². The fourth-order valence-electron chi connectivity index (χ4n) is 5.41. The Balaban J connectivity index is 1.65. The normalized spacial score (nSPS) is 17.4. The van der Waals surface area contributed by atoms with Crippen molar-refractivity contribution in [2.45, 2.75) is 45.6 Å². The minimum atomic E-state index is -0.524. The van der Waals surface area contributed by atoms with Crippen molar-refractivity contribution in [3.63, 3.8) is 0 Å². The van der Waals surface area contributed by atoms with Gasteiger partial charge in [0.2, 0.25) is 0 Å². The lowest BCUT2D eigenvalue weighted by molar-refractivity contribution is -0.116. The summed E-state index contributed by atoms with van der Waals surface area (Å²) in [6.07, 6.45) is 1.92. The smallest absolute Gasteiger partial charge is 0.161 e. The molecule has 1 aliphatic carbocycles. The highest BCUT2D eigenvalue weighted by molar-refractivity contribution is 9.11. The van der Waals surface area contributed by atoms with Crippen LogP contribution in [0.4, 0.5) is 5.69 Å². The third-order valence-corrected chi connectivity index (χ3v) is 8.59. The summed E-state index contributed by atoms with van der Waals surface area (Å²) >= 11 is 7.18. The van der Waals surface area contributed by atoms with Gasteiger partial charge in [0.25, 0.3) is 0 Å². The quantitative estimate of drug-likeness (QED) is 0.312. The molecular weight excluding hydrogens is 606 g/mol. The number of ketones is 1. The van der Waals surface area contributed by atoms with Crippen molar-refractivity contribution in [3.05, 3.63) is 115 Å². The van der Waals surface area contributed by atoms with E-state index in [0.29, 0.717) is 36.4 Å². The van der Waals surface area contributed by atoms with Crippen molar-refractivity contribution >= 4 is 43.3 Å². The van der Waals surface area contributed by atoms with Crippen LogP contribution in [0.25, 0.3) is 0 Å². The number of allylic oxidation sites excluding steroid dienone is 3. The van der Waals surface area contributed by atoms with E-state index < -0.39 is 5.92 Å². The topological polar surface area (TPSA) is 79.4 Å². The molecule has 0 saturated carbocycles. The fraction of sp³-hybridized carbons (Fsp3) is 0.226. The largest absolute Gasteiger partial charge is 0.488 e. The summed E-state index contributed by atoms with van der Waals surface area (Å²) in [6, 6.07) is 22.0. The number of aryl methyl sites for hydroxylation is 2. The van der Waals surface area contributed by atoms with Crippen molar-refractivity contribution in [3.8, 4) is 11.8 Å². The molecule has 0 amide bonds. The van der Waals surface area contributed by atoms with Crippen LogP contribution < -0.4 is 15.4 Å². The first-order valence-corrected chi connectivity index (χ1v) is 14.1. The van der Waals surface area contributed by atoms with Crippen molar-refractivity contribution in [2.24, 2.45) is 5.73 Å². The second-order valence-corrected chi connectivity index (χ2v) is 11.3. The number of anilines is 1. The minimum Gasteiger partial charge on any atom is -0.488 e. The molecule has 0 fully saturated rings. The Morgan fingerprint density at radius 3 is 2.45 bits per heavy atom. The maximum Gasteiger partial charge on any atom is 0.161 e. The molecular formula is C31H27Br2N3O2. The first kappa shape index (κ1) is 26.3. The van der Waals surface area contributed by atoms with Gasteiger partial charge in [0, 0.05) is 22.2 Å². The highest BCUT2D eigenvalue weighted by Gasteiger charge is 2.41. The van der Waals surface area contributed by atoms with Crippen LogP contribution >= 0.6 is 31.9 Å². The summed E-state index contributed by atoms with van der Waals surface area (Å²) in [5, 5.41) is 10.4. The number of nitrogens with zero attached hydrogens (tertiary/aromatic N) is 2. The molecule has 3 aromatic carbocycles. The van der Waals surface area contributed by atoms with Crippen molar-refractivity contribution in [1.82, 2.24) is 0 Å². The van der Waals surface area contributed by atoms with Gasteiger partial charge in [-0.2, -0.15) is 5.26 Å². The zero-order valence-electron chi connectivity index (χ0n) is 21.2. The summed E-state index contributed by atoms with van der Waals surface area (Å²) in [4.78, 5) is 15.4. The van der Waals surface area contributed by atoms with E-state index in [1.165, 1.54) is 0 Å². The lowest BCUT2D eigenvalue weighted by Crippen LogP contribution is -2.39. The van der Waals surface area contributed by atoms with Gasteiger partial charge in [-0.15, -0.1) is 0 Å². The number of hydrogen-bond donors (Lipinski definition) is 1. The first-order valence-electron chi connectivity index (χ1n) is 12.5. The van der Waals surface area contributed by atoms with Crippen LogP contribution in [0.1, 0.15) is 47.4 Å². The van der Waals surface area contributed by atoms with E-state index in [9.17, 15) is 10.1 Å². The van der Waals surface area contributed by atoms with E-state index in [2.05, 4.69) is 57.0 Å². The van der Waals surface area contributed by atoms with Gasteiger partial charge >= 0.3 is 0 Å². The second kappa shape index (κ2) is 10.8. The Labute approximate surface area is 239 Å². The molecule has 7 heteroatoms. The highest BCUT2D eigenvalue weighted by atomic mass is 79.9. The molecule has 0 saturated heterocycles. The number of halogens is 2. The molecule has 2 aliphatic rings. The summed E-state index contributed by atoms with van der Waals surface area (Å²) in [7, 11) is 0. The molecule has 38 heavy (non-hydrogen) atoms. The monoisotopic (exact) mass is 631 g/mol. The molecule has 1 atom stereocenters. The fourth-order valence-corrected chi connectivity index (χ4v) is 6.27. The molecule has 1 aliphatic heterocycles. The van der Waals surface area contributed by atoms with Gasteiger partial charge in [-0.05, 0) is 105 Å². The Morgan fingerprint density at radius 2 is 1.74 bits per heavy atom. The van der Waals surface area contributed by atoms with E-state index in [1.807, 2.05) is 60.4 Å². The van der Waals surface area contributed by atoms with E-state index in [4.69, 9.17) is 10.5 Å². The van der Waals surface area contributed by atoms with E-state index in [0.717, 1.165) is 54.8 Å². The highest BCUT2D eigenvalue weighted by Crippen LogP contribution is 2.48. The zero-order valence-corrected chi connectivity index (χ0v) is 24.4. The van der Waals surface area contributed by atoms with Gasteiger partial charge in [0.15, 0.2) is 5.78 Å². The summed E-state index contributed by atoms with van der Waals surface area (Å²) in [6.45, 7) is 4.44. The molecule has 2 N–H and O–H groups in total. The molecule has 3 aromatic rings. The minimum absolute atomic E-state index is 0.0690. The van der Waals surface area contributed by atoms with Crippen molar-refractivity contribution in [1.29, 1.82) is 5.26 Å². The predicted octanol–water partition coefficient (Wildman–Crippen LogP) is 7.71. The molecule has 0 bridgehead atoms. The molecule has 0 aromatic heterocycles. The maximum atomic E-state index is 13.6. The molecule has 5 nitrogen and oxygen atoms in total. The number of carbonyl (C=O) groups excluding carboxylic acids is 1. The SMILES string of the molecule is Cc1cc(C)c(C2C(C#N)=C(N)N(c3ccccc3Br)C3=C2C(=O)CCC3)cc1COc1ccccc1Br. The number of benzene rings is 3. The third kappa shape index (κ3) is 4.68. The van der Waals surface area contributed by atoms with Crippen LogP contribution in [-0.4, -0.2) is 5.78 Å². The zero-order chi connectivity index (χ0) is 27.0. The van der Waals surface area contributed by atoms with Crippen LogP contribution in [0.2, 0.25) is 0 Å². The van der Waals surface area contributed by atoms with E-state index in [-0.39, 0.29) is 5.78 Å². The van der Waals surface area contributed by atoms with Crippen molar-refractivity contribution in [2.75, 3.05) is 4.90 Å². The number of carbonyl (C=O) groups is 1. The van der Waals surface area contributed by atoms with Gasteiger partial charge in [0.1, 0.15) is 18.2 Å². The van der Waals surface area contributed by atoms with E-state index >= 15 is 0 Å². The van der Waals surface area contributed by atoms with Gasteiger partial charge in [0.05, 0.1) is 27.7 Å². The molecule has 192 valence electrons. The average molecular weight is 633 g/mol. The molecule has 1 unspecified atom stereocenters. The van der Waals surface area contributed by atoms with Crippen LogP contribution in [0.3, 0.4) is 0 Å². The Morgan fingerprint density at radius 1 is 1.03 bits per heavy atom. The second-order valence-electron chi connectivity index (χ2n) is 9.62. The maximum absolute atomic E-state index is 13.6. The summed E-state index contributed by atoms with van der Waals surface area (Å²) in [5.74, 6) is 0.665. The van der Waals surface area contributed by atoms with Gasteiger partial charge in [-0.25, -0.2) is 0 Å². The number of nitriles is 1. The lowest BCUT2D eigenvalue weighted by atomic mass is 9.74. The predicted molar refractivity (Wildman–Crippen MR) is 156 cm³/mol. The number of para-hydroxylation sites is 2. The van der Waals surface area contributed by atoms with Crippen LogP contribution in [0.15, 0.2) is 92.3 Å². The average Bonchev–Trinajstić information content (AvgIpc) is 2.89. The third-order valence-electron chi connectivity index (χ3n) is 7.26. The number of rotatable bonds is 5. The molecule has 1 heterocycles. The standard InChI is InChI=1S/C31H27Br2N3O2/c1-18-14-19(2)21(15-20(18)17-38-28-13-6-4-9-24(28)33)29-22(16-34)31(35)36(25-10-5-3-8-23(25)32)26-11-7-12-27(37)30(26)29/h3-6,8-10,13-15,29H,7,11-12,17,35H2,1-2H3. The summed E-state index contributed by atoms with van der Waals surface area (Å²) < 4.78 is 7.87. The Hall–Kier alpha value is -3.34. The lowest BCUT2D eigenvalue weighted by Gasteiger charge is -2.40. The molecule has 5 rings (SSSR count). The molecule has 0 radical (unpaired) electrons. The van der Waals surface area contributed by atoms with Gasteiger partial charge in [-0.1, -0.05) is 36.4 Å².